The van der Waals surface area contributed by atoms with Crippen LogP contribution in [0.3, 0.4) is 0 Å². The molecule has 0 atom stereocenters. The molecule has 2 heterocycles. The number of carbonyl (C=O) groups excluding carboxylic acids is 1. The van der Waals surface area contributed by atoms with E-state index >= 15 is 0 Å². The van der Waals surface area contributed by atoms with Crippen molar-refractivity contribution in [1.29, 1.82) is 0 Å². The lowest BCUT2D eigenvalue weighted by Crippen LogP contribution is -2.38. The maximum Gasteiger partial charge on any atom is 0.285 e. The van der Waals surface area contributed by atoms with Gasteiger partial charge >= 0.3 is 0 Å². The molecule has 1 saturated heterocycles. The molecule has 1 amide bonds. The Morgan fingerprint density at radius 1 is 0.968 bits per heavy atom. The SMILES string of the molecule is CC1=C(c2ccc(C)cc2)S(=O)(=O)N=C1N1CCCN(C(=O)CC2CCCCC2)CC1. The van der Waals surface area contributed by atoms with Crippen molar-refractivity contribution in [3.63, 3.8) is 0 Å². The third-order valence-corrected chi connectivity index (χ3v) is 8.26. The Morgan fingerprint density at radius 2 is 1.68 bits per heavy atom. The fraction of sp³-hybridized carbons (Fsp3) is 0.583. The van der Waals surface area contributed by atoms with Crippen LogP contribution in [-0.2, 0) is 14.8 Å². The minimum Gasteiger partial charge on any atom is -0.354 e. The molecule has 3 aliphatic rings. The van der Waals surface area contributed by atoms with Gasteiger partial charge in [-0.15, -0.1) is 4.40 Å². The average Bonchev–Trinajstić information content (AvgIpc) is 2.90. The third kappa shape index (κ3) is 4.86. The Kier molecular flexibility index (Phi) is 6.51. The molecule has 2 aliphatic heterocycles. The van der Waals surface area contributed by atoms with Gasteiger partial charge in [0.1, 0.15) is 10.7 Å². The second kappa shape index (κ2) is 9.15. The van der Waals surface area contributed by atoms with Crippen molar-refractivity contribution >= 4 is 26.7 Å². The van der Waals surface area contributed by atoms with E-state index in [2.05, 4.69) is 4.40 Å². The molecule has 0 N–H and O–H groups in total. The lowest BCUT2D eigenvalue weighted by molar-refractivity contribution is -0.132. The van der Waals surface area contributed by atoms with Crippen molar-refractivity contribution in [3.8, 4) is 0 Å². The molecule has 1 saturated carbocycles. The predicted octanol–water partition coefficient (Wildman–Crippen LogP) is 3.97. The monoisotopic (exact) mass is 443 g/mol. The molecule has 6 nitrogen and oxygen atoms in total. The van der Waals surface area contributed by atoms with Crippen LogP contribution < -0.4 is 0 Å². The maximum absolute atomic E-state index is 12.9. The number of benzene rings is 1. The number of aryl methyl sites for hydroxylation is 1. The summed E-state index contributed by atoms with van der Waals surface area (Å²) in [6, 6.07) is 7.53. The van der Waals surface area contributed by atoms with Crippen molar-refractivity contribution in [2.45, 2.75) is 58.8 Å². The van der Waals surface area contributed by atoms with Gasteiger partial charge in [0, 0.05) is 38.2 Å². The van der Waals surface area contributed by atoms with Crippen LogP contribution in [-0.4, -0.2) is 56.1 Å². The van der Waals surface area contributed by atoms with Gasteiger partial charge in [0.2, 0.25) is 5.91 Å². The number of sulfonamides is 1. The number of rotatable bonds is 3. The number of hydrogen-bond donors (Lipinski definition) is 0. The highest BCUT2D eigenvalue weighted by Gasteiger charge is 2.34. The van der Waals surface area contributed by atoms with Gasteiger partial charge in [-0.25, -0.2) is 0 Å². The molecule has 4 rings (SSSR count). The summed E-state index contributed by atoms with van der Waals surface area (Å²) < 4.78 is 29.9. The average molecular weight is 444 g/mol. The van der Waals surface area contributed by atoms with E-state index < -0.39 is 10.0 Å². The van der Waals surface area contributed by atoms with Gasteiger partial charge in [-0.05, 0) is 44.6 Å². The van der Waals surface area contributed by atoms with E-state index in [0.29, 0.717) is 53.9 Å². The van der Waals surface area contributed by atoms with Crippen LogP contribution in [0, 0.1) is 12.8 Å². The highest BCUT2D eigenvalue weighted by Crippen LogP contribution is 2.34. The van der Waals surface area contributed by atoms with E-state index in [1.807, 2.05) is 47.9 Å². The molecular weight excluding hydrogens is 410 g/mol. The predicted molar refractivity (Wildman–Crippen MR) is 124 cm³/mol. The summed E-state index contributed by atoms with van der Waals surface area (Å²) in [6.45, 7) is 6.50. The Labute approximate surface area is 186 Å². The van der Waals surface area contributed by atoms with Crippen molar-refractivity contribution in [3.05, 3.63) is 41.0 Å². The highest BCUT2D eigenvalue weighted by molar-refractivity contribution is 8.00. The quantitative estimate of drug-likeness (QED) is 0.709. The number of carbonyl (C=O) groups is 1. The zero-order chi connectivity index (χ0) is 22.0. The third-order valence-electron chi connectivity index (χ3n) is 6.79. The highest BCUT2D eigenvalue weighted by atomic mass is 32.2. The minimum atomic E-state index is -3.72. The van der Waals surface area contributed by atoms with Gasteiger partial charge in [-0.3, -0.25) is 4.79 Å². The van der Waals surface area contributed by atoms with Crippen LogP contribution in [0.1, 0.15) is 63.0 Å². The van der Waals surface area contributed by atoms with E-state index in [9.17, 15) is 13.2 Å². The molecule has 0 aromatic heterocycles. The first kappa shape index (κ1) is 22.1. The zero-order valence-corrected chi connectivity index (χ0v) is 19.5. The summed E-state index contributed by atoms with van der Waals surface area (Å²) in [4.78, 5) is 17.2. The van der Waals surface area contributed by atoms with Crippen LogP contribution in [0.2, 0.25) is 0 Å². The van der Waals surface area contributed by atoms with Crippen molar-refractivity contribution < 1.29 is 13.2 Å². The molecule has 1 aromatic rings. The smallest absolute Gasteiger partial charge is 0.285 e. The Bertz CT molecular complexity index is 989. The molecule has 1 aromatic carbocycles. The number of nitrogens with zero attached hydrogens (tertiary/aromatic N) is 3. The summed E-state index contributed by atoms with van der Waals surface area (Å²) >= 11 is 0. The Hall–Kier alpha value is -2.15. The van der Waals surface area contributed by atoms with Gasteiger partial charge in [0.25, 0.3) is 10.0 Å². The summed E-state index contributed by atoms with van der Waals surface area (Å²) in [5.74, 6) is 1.33. The Balaban J connectivity index is 1.46. The lowest BCUT2D eigenvalue weighted by atomic mass is 9.86. The zero-order valence-electron chi connectivity index (χ0n) is 18.6. The second-order valence-corrected chi connectivity index (χ2v) is 10.7. The second-order valence-electron chi connectivity index (χ2n) is 9.14. The van der Waals surface area contributed by atoms with Crippen molar-refractivity contribution in [1.82, 2.24) is 9.80 Å². The standard InChI is InChI=1S/C24H33N3O3S/c1-18-9-11-21(12-10-18)23-19(2)24(25-31(23,29)30)27-14-6-13-26(15-16-27)22(28)17-20-7-4-3-5-8-20/h9-12,20H,3-8,13-17H2,1-2H3. The number of amides is 1. The van der Waals surface area contributed by atoms with E-state index in [1.54, 1.807) is 0 Å². The van der Waals surface area contributed by atoms with Crippen LogP contribution in [0.25, 0.3) is 4.91 Å². The first-order valence-electron chi connectivity index (χ1n) is 11.5. The fourth-order valence-electron chi connectivity index (χ4n) is 5.03. The van der Waals surface area contributed by atoms with Crippen LogP contribution in [0.5, 0.6) is 0 Å². The van der Waals surface area contributed by atoms with Gasteiger partial charge in [0.05, 0.1) is 0 Å². The van der Waals surface area contributed by atoms with E-state index in [1.165, 1.54) is 32.1 Å². The lowest BCUT2D eigenvalue weighted by Gasteiger charge is -2.26. The molecule has 168 valence electrons. The minimum absolute atomic E-state index is 0.252. The molecular formula is C24H33N3O3S. The van der Waals surface area contributed by atoms with E-state index in [0.717, 1.165) is 18.5 Å². The summed E-state index contributed by atoms with van der Waals surface area (Å²) in [5, 5.41) is 0. The fourth-order valence-corrected chi connectivity index (χ4v) is 6.52. The van der Waals surface area contributed by atoms with Crippen molar-refractivity contribution in [2.24, 2.45) is 10.3 Å². The molecule has 1 aliphatic carbocycles. The number of amidine groups is 1. The topological polar surface area (TPSA) is 70.1 Å². The molecule has 31 heavy (non-hydrogen) atoms. The Morgan fingerprint density at radius 3 is 2.39 bits per heavy atom. The summed E-state index contributed by atoms with van der Waals surface area (Å²) in [5.41, 5.74) is 2.47. The largest absolute Gasteiger partial charge is 0.354 e. The maximum atomic E-state index is 12.9. The summed E-state index contributed by atoms with van der Waals surface area (Å²) in [6.07, 6.45) is 7.61. The van der Waals surface area contributed by atoms with Crippen LogP contribution in [0.4, 0.5) is 0 Å². The van der Waals surface area contributed by atoms with Gasteiger partial charge in [-0.2, -0.15) is 8.42 Å². The molecule has 0 bridgehead atoms. The van der Waals surface area contributed by atoms with Gasteiger partial charge in [-0.1, -0.05) is 49.1 Å². The summed E-state index contributed by atoms with van der Waals surface area (Å²) in [7, 11) is -3.72. The van der Waals surface area contributed by atoms with E-state index in [-0.39, 0.29) is 5.91 Å². The van der Waals surface area contributed by atoms with Gasteiger partial charge in [0.15, 0.2) is 0 Å². The van der Waals surface area contributed by atoms with Crippen LogP contribution >= 0.6 is 0 Å². The van der Waals surface area contributed by atoms with Crippen molar-refractivity contribution in [2.75, 3.05) is 26.2 Å². The molecule has 0 unspecified atom stereocenters. The van der Waals surface area contributed by atoms with Crippen LogP contribution in [0.15, 0.2) is 34.2 Å². The van der Waals surface area contributed by atoms with E-state index in [4.69, 9.17) is 0 Å². The van der Waals surface area contributed by atoms with Gasteiger partial charge < -0.3 is 9.80 Å². The first-order chi connectivity index (χ1) is 14.8. The molecule has 0 radical (unpaired) electrons. The number of hydrogen-bond acceptors (Lipinski definition) is 4. The molecule has 7 heteroatoms. The molecule has 0 spiro atoms. The molecule has 2 fully saturated rings. The first-order valence-corrected chi connectivity index (χ1v) is 12.9. The normalized spacial score (nSPS) is 22.5.